The molecule has 0 aliphatic heterocycles. The molecule has 10 heteroatoms. The van der Waals surface area contributed by atoms with Crippen LogP contribution in [0.15, 0.2) is 12.2 Å². The normalized spacial score (nSPS) is 13.5. The Balaban J connectivity index is 4.23. The van der Waals surface area contributed by atoms with Crippen LogP contribution in [0.2, 0.25) is 0 Å². The first-order valence-corrected chi connectivity index (χ1v) is 20.7. The van der Waals surface area contributed by atoms with Gasteiger partial charge in [0.25, 0.3) is 0 Å². The second-order valence-corrected chi connectivity index (χ2v) is 14.3. The number of nitrogens with two attached hydrogens (primary N) is 1. The van der Waals surface area contributed by atoms with Gasteiger partial charge in [0.1, 0.15) is 6.61 Å². The summed E-state index contributed by atoms with van der Waals surface area (Å²) >= 11 is 0. The Kier molecular flexibility index (Phi) is 33.7. The lowest BCUT2D eigenvalue weighted by atomic mass is 10.1. The van der Waals surface area contributed by atoms with Gasteiger partial charge in [-0.05, 0) is 38.5 Å². The van der Waals surface area contributed by atoms with Crippen LogP contribution >= 0.6 is 7.82 Å². The molecule has 9 nitrogen and oxygen atoms in total. The quantitative estimate of drug-likeness (QED) is 0.0285. The predicted octanol–water partition coefficient (Wildman–Crippen LogP) is 10.3. The van der Waals surface area contributed by atoms with E-state index < -0.39 is 26.5 Å². The highest BCUT2D eigenvalue weighted by Crippen LogP contribution is 2.43. The molecule has 0 aromatic rings. The van der Waals surface area contributed by atoms with E-state index in [0.29, 0.717) is 6.42 Å². The number of ether oxygens (including phenoxy) is 2. The number of allylic oxidation sites excluding steroid dienone is 2. The zero-order valence-electron chi connectivity index (χ0n) is 30.3. The Labute approximate surface area is 288 Å². The van der Waals surface area contributed by atoms with Gasteiger partial charge in [-0.1, -0.05) is 142 Å². The minimum absolute atomic E-state index is 0.0536. The second kappa shape index (κ2) is 34.6. The molecule has 0 bridgehead atoms. The predicted molar refractivity (Wildman–Crippen MR) is 192 cm³/mol. The summed E-state index contributed by atoms with van der Waals surface area (Å²) in [5.74, 6) is -0.843. The number of esters is 2. The molecule has 0 aliphatic carbocycles. The Hall–Kier alpha value is -1.25. The average molecular weight is 690 g/mol. The summed E-state index contributed by atoms with van der Waals surface area (Å²) in [6.07, 6.45) is 32.4. The van der Waals surface area contributed by atoms with Crippen LogP contribution in [0.4, 0.5) is 0 Å². The molecule has 278 valence electrons. The highest BCUT2D eigenvalue weighted by Gasteiger charge is 2.25. The molecule has 1 unspecified atom stereocenters. The molecule has 0 aliphatic rings. The number of unbranched alkanes of at least 4 members (excludes halogenated alkanes) is 21. The molecule has 0 saturated carbocycles. The lowest BCUT2D eigenvalue weighted by Crippen LogP contribution is -2.29. The molecule has 3 N–H and O–H groups in total. The third kappa shape index (κ3) is 34.4. The lowest BCUT2D eigenvalue weighted by Gasteiger charge is -2.19. The highest BCUT2D eigenvalue weighted by molar-refractivity contribution is 7.47. The van der Waals surface area contributed by atoms with Crippen LogP contribution in [0, 0.1) is 0 Å². The molecule has 0 amide bonds. The molecule has 0 rings (SSSR count). The van der Waals surface area contributed by atoms with Crippen molar-refractivity contribution in [3.63, 3.8) is 0 Å². The van der Waals surface area contributed by atoms with Crippen LogP contribution in [-0.2, 0) is 32.7 Å². The van der Waals surface area contributed by atoms with Gasteiger partial charge in [-0.15, -0.1) is 0 Å². The van der Waals surface area contributed by atoms with Gasteiger partial charge >= 0.3 is 19.8 Å². The lowest BCUT2D eigenvalue weighted by molar-refractivity contribution is -0.161. The fraction of sp³-hybridized carbons (Fsp3) is 0.892. The van der Waals surface area contributed by atoms with Crippen molar-refractivity contribution in [2.75, 3.05) is 26.4 Å². The van der Waals surface area contributed by atoms with Gasteiger partial charge in [-0.2, -0.15) is 0 Å². The number of hydrogen-bond donors (Lipinski definition) is 2. The number of phosphoric ester groups is 1. The van der Waals surface area contributed by atoms with Gasteiger partial charge in [0.15, 0.2) is 6.10 Å². The summed E-state index contributed by atoms with van der Waals surface area (Å²) in [5.41, 5.74) is 5.33. The topological polar surface area (TPSA) is 134 Å². The minimum atomic E-state index is -4.37. The molecular weight excluding hydrogens is 617 g/mol. The SMILES string of the molecule is CCCCCCCCCC/C=C/CCCCCC(=O)O[C@H](COC(=O)CCCCCCCCCCCCC)COP(=O)(O)OCCN. The van der Waals surface area contributed by atoms with Gasteiger partial charge in [0.2, 0.25) is 0 Å². The first-order valence-electron chi connectivity index (χ1n) is 19.2. The van der Waals surface area contributed by atoms with Crippen LogP contribution in [-0.4, -0.2) is 49.3 Å². The standard InChI is InChI=1S/C37H72NO8P/c1-3-5-7-9-11-13-15-16-17-18-20-22-24-26-28-30-37(40)46-35(34-45-47(41,42)44-32-31-38)33-43-36(39)29-27-25-23-21-19-14-12-10-8-6-4-2/h18,20,35H,3-17,19,21-34,38H2,1-2H3,(H,41,42)/b20-18+/t35-/m1/s1. The smallest absolute Gasteiger partial charge is 0.462 e. The summed E-state index contributed by atoms with van der Waals surface area (Å²) in [7, 11) is -4.37. The van der Waals surface area contributed by atoms with Crippen molar-refractivity contribution in [1.29, 1.82) is 0 Å². The monoisotopic (exact) mass is 689 g/mol. The van der Waals surface area contributed by atoms with Crippen molar-refractivity contribution in [2.24, 2.45) is 5.73 Å². The van der Waals surface area contributed by atoms with E-state index in [9.17, 15) is 19.0 Å². The number of carbonyl (C=O) groups excluding carboxylic acids is 2. The maximum atomic E-state index is 12.5. The highest BCUT2D eigenvalue weighted by atomic mass is 31.2. The molecule has 0 spiro atoms. The van der Waals surface area contributed by atoms with E-state index in [1.165, 1.54) is 103 Å². The summed E-state index contributed by atoms with van der Waals surface area (Å²) in [5, 5.41) is 0. The Morgan fingerprint density at radius 2 is 1.04 bits per heavy atom. The summed E-state index contributed by atoms with van der Waals surface area (Å²) < 4.78 is 32.6. The molecule has 0 aromatic heterocycles. The van der Waals surface area contributed by atoms with E-state index in [2.05, 4.69) is 26.0 Å². The molecule has 0 aromatic carbocycles. The number of hydrogen-bond acceptors (Lipinski definition) is 8. The van der Waals surface area contributed by atoms with Crippen LogP contribution < -0.4 is 5.73 Å². The van der Waals surface area contributed by atoms with Gasteiger partial charge in [0.05, 0.1) is 13.2 Å². The zero-order valence-corrected chi connectivity index (χ0v) is 31.2. The fourth-order valence-corrected chi connectivity index (χ4v) is 6.04. The Morgan fingerprint density at radius 3 is 1.53 bits per heavy atom. The number of phosphoric acid groups is 1. The van der Waals surface area contributed by atoms with E-state index >= 15 is 0 Å². The molecule has 0 fully saturated rings. The molecule has 0 saturated heterocycles. The van der Waals surface area contributed by atoms with Crippen molar-refractivity contribution in [3.8, 4) is 0 Å². The maximum Gasteiger partial charge on any atom is 0.472 e. The van der Waals surface area contributed by atoms with E-state index in [0.717, 1.165) is 44.9 Å². The van der Waals surface area contributed by atoms with E-state index in [1.54, 1.807) is 0 Å². The summed E-state index contributed by atoms with van der Waals surface area (Å²) in [6.45, 7) is 3.70. The third-order valence-electron chi connectivity index (χ3n) is 8.15. The van der Waals surface area contributed by atoms with Gasteiger partial charge in [-0.3, -0.25) is 18.6 Å². The molecule has 2 atom stereocenters. The first kappa shape index (κ1) is 45.8. The summed E-state index contributed by atoms with van der Waals surface area (Å²) in [6, 6.07) is 0. The zero-order chi connectivity index (χ0) is 34.7. The maximum absolute atomic E-state index is 12.5. The molecule has 0 heterocycles. The molecule has 0 radical (unpaired) electrons. The molecule has 47 heavy (non-hydrogen) atoms. The minimum Gasteiger partial charge on any atom is -0.462 e. The second-order valence-electron chi connectivity index (χ2n) is 12.8. The van der Waals surface area contributed by atoms with Crippen molar-refractivity contribution < 1.29 is 37.6 Å². The van der Waals surface area contributed by atoms with Crippen LogP contribution in [0.25, 0.3) is 0 Å². The largest absolute Gasteiger partial charge is 0.472 e. The van der Waals surface area contributed by atoms with Gasteiger partial charge < -0.3 is 20.1 Å². The Bertz CT molecular complexity index is 794. The van der Waals surface area contributed by atoms with Gasteiger partial charge in [0, 0.05) is 19.4 Å². The van der Waals surface area contributed by atoms with Crippen molar-refractivity contribution >= 4 is 19.8 Å². The fourth-order valence-electron chi connectivity index (χ4n) is 5.28. The van der Waals surface area contributed by atoms with Crippen molar-refractivity contribution in [2.45, 2.75) is 187 Å². The first-order chi connectivity index (χ1) is 22.8. The van der Waals surface area contributed by atoms with Crippen LogP contribution in [0.5, 0.6) is 0 Å². The number of rotatable bonds is 36. The van der Waals surface area contributed by atoms with Crippen LogP contribution in [0.1, 0.15) is 181 Å². The van der Waals surface area contributed by atoms with Crippen molar-refractivity contribution in [1.82, 2.24) is 0 Å². The van der Waals surface area contributed by atoms with Gasteiger partial charge in [-0.25, -0.2) is 4.57 Å². The Morgan fingerprint density at radius 1 is 0.617 bits per heavy atom. The summed E-state index contributed by atoms with van der Waals surface area (Å²) in [4.78, 5) is 34.6. The average Bonchev–Trinajstić information content (AvgIpc) is 3.05. The van der Waals surface area contributed by atoms with Crippen molar-refractivity contribution in [3.05, 3.63) is 12.2 Å². The third-order valence-corrected chi connectivity index (χ3v) is 9.14. The van der Waals surface area contributed by atoms with Crippen LogP contribution in [0.3, 0.4) is 0 Å². The van der Waals surface area contributed by atoms with E-state index in [4.69, 9.17) is 24.3 Å². The molecular formula is C37H72NO8P. The number of carbonyl (C=O) groups is 2. The van der Waals surface area contributed by atoms with E-state index in [-0.39, 0.29) is 38.6 Å². The van der Waals surface area contributed by atoms with E-state index in [1.807, 2.05) is 0 Å².